The molecule has 0 radical (unpaired) electrons. The van der Waals surface area contributed by atoms with Gasteiger partial charge in [0.25, 0.3) is 0 Å². The Bertz CT molecular complexity index is 440. The van der Waals surface area contributed by atoms with E-state index in [-0.39, 0.29) is 0 Å². The summed E-state index contributed by atoms with van der Waals surface area (Å²) in [6.07, 6.45) is 3.07. The molecule has 0 bridgehead atoms. The smallest absolute Gasteiger partial charge is 0.208 e. The van der Waals surface area contributed by atoms with Gasteiger partial charge in [-0.25, -0.2) is 4.98 Å². The molecule has 0 amide bonds. The zero-order valence-corrected chi connectivity index (χ0v) is 7.84. The number of benzene rings is 1. The average Bonchev–Trinajstić information content (AvgIpc) is 2.23. The van der Waals surface area contributed by atoms with E-state index in [0.717, 1.165) is 10.3 Å². The highest BCUT2D eigenvalue weighted by Crippen LogP contribution is 2.13. The van der Waals surface area contributed by atoms with Crippen LogP contribution in [0.5, 0.6) is 0 Å². The van der Waals surface area contributed by atoms with E-state index in [1.54, 1.807) is 13.1 Å². The maximum absolute atomic E-state index is 11.3. The van der Waals surface area contributed by atoms with E-state index < -0.39 is 0 Å². The molecule has 0 saturated heterocycles. The molecule has 0 unspecified atom stereocenters. The van der Waals surface area contributed by atoms with E-state index in [9.17, 15) is 5.21 Å². The van der Waals surface area contributed by atoms with Gasteiger partial charge in [-0.15, -0.1) is 0 Å². The highest BCUT2D eigenvalue weighted by molar-refractivity contribution is 5.56. The summed E-state index contributed by atoms with van der Waals surface area (Å²) in [5, 5.41) is 11.3. The predicted molar refractivity (Wildman–Crippen MR) is 53.4 cm³/mol. The summed E-state index contributed by atoms with van der Waals surface area (Å²) >= 11 is 0. The minimum Gasteiger partial charge on any atom is -0.618 e. The molecule has 0 saturated carbocycles. The van der Waals surface area contributed by atoms with E-state index >= 15 is 0 Å². The van der Waals surface area contributed by atoms with Crippen LogP contribution in [0.3, 0.4) is 0 Å². The van der Waals surface area contributed by atoms with E-state index in [1.807, 2.05) is 30.3 Å². The highest BCUT2D eigenvalue weighted by atomic mass is 16.5. The lowest BCUT2D eigenvalue weighted by atomic mass is 10.2. The lowest BCUT2D eigenvalue weighted by molar-refractivity contribution is -0.612. The monoisotopic (exact) mass is 186 g/mol. The standard InChI is InChI=1S/C11H10N2O/c1-9-7-12-11(8-13(9)14)10-5-3-2-4-6-10/h2-8H,1H3. The second-order valence-electron chi connectivity index (χ2n) is 3.11. The lowest BCUT2D eigenvalue weighted by Crippen LogP contribution is -2.29. The summed E-state index contributed by atoms with van der Waals surface area (Å²) in [5.74, 6) is 0. The Morgan fingerprint density at radius 1 is 1.21 bits per heavy atom. The third kappa shape index (κ3) is 1.57. The summed E-state index contributed by atoms with van der Waals surface area (Å²) in [6, 6.07) is 9.64. The first-order valence-corrected chi connectivity index (χ1v) is 4.38. The van der Waals surface area contributed by atoms with Crippen LogP contribution in [0.25, 0.3) is 11.3 Å². The van der Waals surface area contributed by atoms with Crippen LogP contribution in [0.15, 0.2) is 42.7 Å². The first-order valence-electron chi connectivity index (χ1n) is 4.38. The Balaban J connectivity index is 2.48. The molecule has 1 aromatic heterocycles. The van der Waals surface area contributed by atoms with Crippen molar-refractivity contribution in [1.82, 2.24) is 4.98 Å². The van der Waals surface area contributed by atoms with Gasteiger partial charge < -0.3 is 5.21 Å². The molecule has 0 spiro atoms. The summed E-state index contributed by atoms with van der Waals surface area (Å²) in [5.41, 5.74) is 2.26. The predicted octanol–water partition coefficient (Wildman–Crippen LogP) is 1.69. The van der Waals surface area contributed by atoms with Gasteiger partial charge in [-0.1, -0.05) is 30.3 Å². The topological polar surface area (TPSA) is 39.8 Å². The van der Waals surface area contributed by atoms with Crippen molar-refractivity contribution in [2.24, 2.45) is 0 Å². The van der Waals surface area contributed by atoms with Gasteiger partial charge in [0.05, 0.1) is 6.20 Å². The van der Waals surface area contributed by atoms with Gasteiger partial charge in [-0.05, 0) is 0 Å². The van der Waals surface area contributed by atoms with Crippen molar-refractivity contribution in [1.29, 1.82) is 0 Å². The van der Waals surface area contributed by atoms with Crippen molar-refractivity contribution in [2.45, 2.75) is 6.92 Å². The summed E-state index contributed by atoms with van der Waals surface area (Å²) in [6.45, 7) is 1.73. The summed E-state index contributed by atoms with van der Waals surface area (Å²) in [7, 11) is 0. The molecule has 70 valence electrons. The molecule has 0 aliphatic rings. The van der Waals surface area contributed by atoms with Crippen LogP contribution < -0.4 is 4.73 Å². The fourth-order valence-corrected chi connectivity index (χ4v) is 1.22. The van der Waals surface area contributed by atoms with Crippen LogP contribution in [0.4, 0.5) is 0 Å². The first kappa shape index (κ1) is 8.69. The van der Waals surface area contributed by atoms with E-state index in [0.29, 0.717) is 11.4 Å². The van der Waals surface area contributed by atoms with Crippen LogP contribution in [0, 0.1) is 12.1 Å². The second-order valence-corrected chi connectivity index (χ2v) is 3.11. The number of nitrogens with zero attached hydrogens (tertiary/aromatic N) is 2. The summed E-state index contributed by atoms with van der Waals surface area (Å²) in [4.78, 5) is 4.19. The van der Waals surface area contributed by atoms with Crippen LogP contribution in [0.1, 0.15) is 5.69 Å². The number of aryl methyl sites for hydroxylation is 1. The molecule has 0 aliphatic carbocycles. The minimum absolute atomic E-state index is 0.602. The van der Waals surface area contributed by atoms with Crippen molar-refractivity contribution in [2.75, 3.05) is 0 Å². The maximum atomic E-state index is 11.3. The number of hydrogen-bond acceptors (Lipinski definition) is 2. The number of hydrogen-bond donors (Lipinski definition) is 0. The number of rotatable bonds is 1. The second kappa shape index (κ2) is 3.46. The van der Waals surface area contributed by atoms with Crippen LogP contribution in [-0.2, 0) is 0 Å². The van der Waals surface area contributed by atoms with Crippen LogP contribution >= 0.6 is 0 Å². The Hall–Kier alpha value is -1.90. The van der Waals surface area contributed by atoms with Gasteiger partial charge in [-0.3, -0.25) is 0 Å². The molecule has 2 aromatic rings. The van der Waals surface area contributed by atoms with Gasteiger partial charge >= 0.3 is 0 Å². The molecule has 0 fully saturated rings. The average molecular weight is 186 g/mol. The van der Waals surface area contributed by atoms with Gasteiger partial charge in [0.2, 0.25) is 11.9 Å². The quantitative estimate of drug-likeness (QED) is 0.502. The van der Waals surface area contributed by atoms with Crippen LogP contribution in [-0.4, -0.2) is 4.98 Å². The first-order chi connectivity index (χ1) is 6.77. The van der Waals surface area contributed by atoms with Crippen molar-refractivity contribution in [3.05, 3.63) is 53.6 Å². The fraction of sp³-hybridized carbons (Fsp3) is 0.0909. The van der Waals surface area contributed by atoms with E-state index in [1.165, 1.54) is 6.20 Å². The van der Waals surface area contributed by atoms with Gasteiger partial charge in [-0.2, -0.15) is 4.73 Å². The summed E-state index contributed by atoms with van der Waals surface area (Å²) < 4.78 is 0.829. The van der Waals surface area contributed by atoms with Gasteiger partial charge in [0, 0.05) is 12.5 Å². The van der Waals surface area contributed by atoms with Gasteiger partial charge in [0.15, 0.2) is 0 Å². The third-order valence-corrected chi connectivity index (χ3v) is 2.05. The lowest BCUT2D eigenvalue weighted by Gasteiger charge is -2.02. The SMILES string of the molecule is Cc1cnc(-c2ccccc2)c[n+]1[O-]. The Morgan fingerprint density at radius 2 is 1.93 bits per heavy atom. The Morgan fingerprint density at radius 3 is 2.57 bits per heavy atom. The molecule has 3 nitrogen and oxygen atoms in total. The third-order valence-electron chi connectivity index (χ3n) is 2.05. The maximum Gasteiger partial charge on any atom is 0.208 e. The van der Waals surface area contributed by atoms with Crippen molar-refractivity contribution >= 4 is 0 Å². The zero-order chi connectivity index (χ0) is 9.97. The molecular weight excluding hydrogens is 176 g/mol. The van der Waals surface area contributed by atoms with Crippen molar-refractivity contribution < 1.29 is 4.73 Å². The van der Waals surface area contributed by atoms with E-state index in [2.05, 4.69) is 4.98 Å². The fourth-order valence-electron chi connectivity index (χ4n) is 1.22. The largest absolute Gasteiger partial charge is 0.618 e. The van der Waals surface area contributed by atoms with E-state index in [4.69, 9.17) is 0 Å². The molecule has 1 heterocycles. The van der Waals surface area contributed by atoms with Crippen molar-refractivity contribution in [3.8, 4) is 11.3 Å². The Kier molecular flexibility index (Phi) is 2.14. The zero-order valence-electron chi connectivity index (χ0n) is 7.84. The van der Waals surface area contributed by atoms with Crippen LogP contribution in [0.2, 0.25) is 0 Å². The molecule has 2 rings (SSSR count). The molecule has 3 heteroatoms. The van der Waals surface area contributed by atoms with Crippen molar-refractivity contribution in [3.63, 3.8) is 0 Å². The molecule has 0 aliphatic heterocycles. The number of aromatic nitrogens is 2. The molecule has 1 aromatic carbocycles. The molecular formula is C11H10N2O. The minimum atomic E-state index is 0.602. The van der Waals surface area contributed by atoms with Gasteiger partial charge in [0.1, 0.15) is 5.69 Å². The normalized spacial score (nSPS) is 10.1. The Labute approximate surface area is 82.3 Å². The molecule has 0 atom stereocenters. The molecule has 0 N–H and O–H groups in total. The molecule has 14 heavy (non-hydrogen) atoms. The highest BCUT2D eigenvalue weighted by Gasteiger charge is 2.04.